The van der Waals surface area contributed by atoms with Gasteiger partial charge in [0.2, 0.25) is 0 Å². The Morgan fingerprint density at radius 2 is 1.36 bits per heavy atom. The number of carbonyl (C=O) groups excluding carboxylic acids is 1. The van der Waals surface area contributed by atoms with Crippen molar-refractivity contribution in [1.82, 2.24) is 19.9 Å². The lowest BCUT2D eigenvalue weighted by atomic mass is 10.1. The number of pyridine rings is 2. The van der Waals surface area contributed by atoms with Gasteiger partial charge in [0, 0.05) is 28.7 Å². The molecule has 0 fully saturated rings. The maximum atomic E-state index is 11.4. The Labute approximate surface area is 146 Å². The Hall–Kier alpha value is -3.18. The highest BCUT2D eigenvalue weighted by Crippen LogP contribution is 2.31. The Bertz CT molecular complexity index is 1330. The minimum atomic E-state index is -0.516. The molecule has 0 N–H and O–H groups in total. The number of nitrogens with zero attached hydrogens (tertiary/aromatic N) is 4. The van der Waals surface area contributed by atoms with Crippen LogP contribution < -0.4 is 0 Å². The molecule has 3 heterocycles. The minimum absolute atomic E-state index is 0.396. The van der Waals surface area contributed by atoms with Gasteiger partial charge >= 0.3 is 0 Å². The minimum Gasteiger partial charge on any atom is -0.276 e. The number of benzene rings is 2. The Balaban J connectivity index is 2.04. The van der Waals surface area contributed by atoms with E-state index in [9.17, 15) is 4.79 Å². The second-order valence-electron chi connectivity index (χ2n) is 5.70. The summed E-state index contributed by atoms with van der Waals surface area (Å²) >= 11 is 5.59. The van der Waals surface area contributed by atoms with E-state index in [0.717, 1.165) is 32.8 Å². The topological polar surface area (TPSA) is 68.6 Å². The van der Waals surface area contributed by atoms with Crippen molar-refractivity contribution in [2.75, 3.05) is 0 Å². The summed E-state index contributed by atoms with van der Waals surface area (Å²) in [7, 11) is 0. The molecule has 0 aliphatic carbocycles. The summed E-state index contributed by atoms with van der Waals surface area (Å²) in [6.45, 7) is 0. The van der Waals surface area contributed by atoms with Crippen LogP contribution in [0.3, 0.4) is 0 Å². The molecular weight excluding hydrogens is 336 g/mol. The van der Waals surface area contributed by atoms with Crippen molar-refractivity contribution in [2.24, 2.45) is 0 Å². The lowest BCUT2D eigenvalue weighted by molar-refractivity contribution is 0.108. The number of hydrogen-bond donors (Lipinski definition) is 0. The summed E-state index contributed by atoms with van der Waals surface area (Å²) < 4.78 is 0. The van der Waals surface area contributed by atoms with E-state index in [4.69, 9.17) is 21.6 Å². The summed E-state index contributed by atoms with van der Waals surface area (Å²) in [5.74, 6) is 0. The molecule has 0 saturated heterocycles. The molecule has 25 heavy (non-hydrogen) atoms. The van der Waals surface area contributed by atoms with Gasteiger partial charge in [0.05, 0.1) is 33.1 Å². The van der Waals surface area contributed by atoms with Gasteiger partial charge in [-0.1, -0.05) is 0 Å². The van der Waals surface area contributed by atoms with Gasteiger partial charge in [-0.2, -0.15) is 0 Å². The van der Waals surface area contributed by atoms with Gasteiger partial charge in [0.25, 0.3) is 5.24 Å². The van der Waals surface area contributed by atoms with Gasteiger partial charge in [0.1, 0.15) is 0 Å². The van der Waals surface area contributed by atoms with Crippen molar-refractivity contribution >= 4 is 60.7 Å². The van der Waals surface area contributed by atoms with Crippen LogP contribution in [0.4, 0.5) is 0 Å². The zero-order chi connectivity index (χ0) is 17.0. The fraction of sp³-hybridized carbons (Fsp3) is 0. The lowest BCUT2D eigenvalue weighted by Gasteiger charge is -2.08. The Morgan fingerprint density at radius 1 is 0.760 bits per heavy atom. The molecule has 0 atom stereocenters. The normalized spacial score (nSPS) is 11.6. The van der Waals surface area contributed by atoms with Crippen LogP contribution in [0.15, 0.2) is 54.9 Å². The highest BCUT2D eigenvalue weighted by Gasteiger charge is 2.14. The number of hydrogen-bond acceptors (Lipinski definition) is 5. The second kappa shape index (κ2) is 5.16. The van der Waals surface area contributed by atoms with Gasteiger partial charge in [-0.25, -0.2) is 9.97 Å². The average Bonchev–Trinajstić information content (AvgIpc) is 2.66. The Morgan fingerprint density at radius 3 is 1.96 bits per heavy atom. The largest absolute Gasteiger partial charge is 0.276 e. The number of rotatable bonds is 1. The first-order chi connectivity index (χ1) is 12.2. The molecule has 2 aromatic carbocycles. The van der Waals surface area contributed by atoms with Crippen LogP contribution in [0.1, 0.15) is 10.4 Å². The quantitative estimate of drug-likeness (QED) is 0.258. The fourth-order valence-electron chi connectivity index (χ4n) is 3.12. The molecule has 0 aliphatic rings. The predicted octanol–water partition coefficient (Wildman–Crippen LogP) is 4.26. The molecule has 0 radical (unpaired) electrons. The standard InChI is InChI=1S/C19H9ClN4O/c20-19(25)10-5-6-13-14(9-10)24-18-12-4-2-8-22-16(12)15-11(17(18)23-13)3-1-7-21-15/h1-9H. The van der Waals surface area contributed by atoms with E-state index in [1.165, 1.54) is 0 Å². The van der Waals surface area contributed by atoms with E-state index in [1.54, 1.807) is 30.6 Å². The SMILES string of the molecule is O=C(Cl)c1ccc2nc3c4cccnc4c4ncccc4c3nc2c1. The van der Waals surface area contributed by atoms with E-state index in [2.05, 4.69) is 9.97 Å². The third kappa shape index (κ3) is 2.06. The highest BCUT2D eigenvalue weighted by atomic mass is 35.5. The van der Waals surface area contributed by atoms with E-state index in [1.807, 2.05) is 24.3 Å². The molecule has 0 aliphatic heterocycles. The molecular formula is C19H9ClN4O. The van der Waals surface area contributed by atoms with E-state index in [0.29, 0.717) is 16.6 Å². The smallest absolute Gasteiger partial charge is 0.252 e. The second-order valence-corrected chi connectivity index (χ2v) is 6.04. The maximum Gasteiger partial charge on any atom is 0.252 e. The molecule has 118 valence electrons. The van der Waals surface area contributed by atoms with Crippen molar-refractivity contribution in [2.45, 2.75) is 0 Å². The molecule has 3 aromatic heterocycles. The first-order valence-electron chi connectivity index (χ1n) is 7.65. The van der Waals surface area contributed by atoms with Crippen LogP contribution in [0.25, 0.3) is 43.9 Å². The number of fused-ring (bicyclic) bond motifs is 7. The summed E-state index contributed by atoms with van der Waals surface area (Å²) in [6, 6.07) is 12.7. The Kier molecular flexibility index (Phi) is 2.93. The summed E-state index contributed by atoms with van der Waals surface area (Å²) in [5, 5.41) is 1.26. The average molecular weight is 345 g/mol. The van der Waals surface area contributed by atoms with Crippen LogP contribution in [-0.2, 0) is 0 Å². The van der Waals surface area contributed by atoms with E-state index < -0.39 is 5.24 Å². The van der Waals surface area contributed by atoms with E-state index in [-0.39, 0.29) is 0 Å². The van der Waals surface area contributed by atoms with Crippen LogP contribution >= 0.6 is 11.6 Å². The van der Waals surface area contributed by atoms with Crippen molar-refractivity contribution < 1.29 is 4.79 Å². The first kappa shape index (κ1) is 14.2. The van der Waals surface area contributed by atoms with Crippen LogP contribution in [0.5, 0.6) is 0 Å². The van der Waals surface area contributed by atoms with Gasteiger partial charge in [-0.15, -0.1) is 0 Å². The summed E-state index contributed by atoms with van der Waals surface area (Å²) in [6.07, 6.45) is 3.48. The number of halogens is 1. The van der Waals surface area contributed by atoms with Gasteiger partial charge < -0.3 is 0 Å². The molecule has 0 amide bonds. The number of aromatic nitrogens is 4. The fourth-order valence-corrected chi connectivity index (χ4v) is 3.24. The van der Waals surface area contributed by atoms with Gasteiger partial charge in [-0.05, 0) is 54.1 Å². The van der Waals surface area contributed by atoms with Gasteiger partial charge in [0.15, 0.2) is 0 Å². The molecule has 0 bridgehead atoms. The molecule has 0 unspecified atom stereocenters. The summed E-state index contributed by atoms with van der Waals surface area (Å²) in [4.78, 5) is 29.9. The molecule has 5 aromatic rings. The van der Waals surface area contributed by atoms with Gasteiger partial charge in [-0.3, -0.25) is 14.8 Å². The zero-order valence-corrected chi connectivity index (χ0v) is 13.5. The number of carbonyl (C=O) groups is 1. The monoisotopic (exact) mass is 344 g/mol. The van der Waals surface area contributed by atoms with Crippen LogP contribution in [-0.4, -0.2) is 25.2 Å². The highest BCUT2D eigenvalue weighted by molar-refractivity contribution is 6.67. The van der Waals surface area contributed by atoms with Crippen molar-refractivity contribution in [3.05, 3.63) is 60.4 Å². The summed E-state index contributed by atoms with van der Waals surface area (Å²) in [5.41, 5.74) is 4.79. The predicted molar refractivity (Wildman–Crippen MR) is 97.8 cm³/mol. The molecule has 5 nitrogen and oxygen atoms in total. The lowest BCUT2D eigenvalue weighted by Crippen LogP contribution is -1.95. The maximum absolute atomic E-state index is 11.4. The van der Waals surface area contributed by atoms with Crippen molar-refractivity contribution in [3.8, 4) is 0 Å². The van der Waals surface area contributed by atoms with E-state index >= 15 is 0 Å². The molecule has 6 heteroatoms. The first-order valence-corrected chi connectivity index (χ1v) is 8.03. The molecule has 0 saturated carbocycles. The zero-order valence-electron chi connectivity index (χ0n) is 12.8. The third-order valence-electron chi connectivity index (χ3n) is 4.24. The van der Waals surface area contributed by atoms with Crippen LogP contribution in [0, 0.1) is 0 Å². The molecule has 0 spiro atoms. The third-order valence-corrected chi connectivity index (χ3v) is 4.46. The van der Waals surface area contributed by atoms with Crippen molar-refractivity contribution in [3.63, 3.8) is 0 Å². The van der Waals surface area contributed by atoms with Crippen molar-refractivity contribution in [1.29, 1.82) is 0 Å². The molecule has 5 rings (SSSR count). The van der Waals surface area contributed by atoms with Crippen LogP contribution in [0.2, 0.25) is 0 Å².